The highest BCUT2D eigenvalue weighted by molar-refractivity contribution is 7.89. The van der Waals surface area contributed by atoms with Crippen LogP contribution in [0.15, 0.2) is 71.8 Å². The Morgan fingerprint density at radius 3 is 2.48 bits per heavy atom. The summed E-state index contributed by atoms with van der Waals surface area (Å²) < 4.78 is 27.8. The molecule has 3 rings (SSSR count). The number of hydrogen-bond donors (Lipinski definition) is 2. The Kier molecular flexibility index (Phi) is 4.78. The van der Waals surface area contributed by atoms with Crippen LogP contribution >= 0.6 is 0 Å². The van der Waals surface area contributed by atoms with E-state index in [1.807, 2.05) is 6.07 Å². The normalized spacial score (nSPS) is 12.8. The van der Waals surface area contributed by atoms with Crippen LogP contribution in [-0.4, -0.2) is 30.5 Å². The van der Waals surface area contributed by atoms with E-state index >= 15 is 0 Å². The van der Waals surface area contributed by atoms with E-state index in [1.54, 1.807) is 48.5 Å². The molecule has 0 unspecified atom stereocenters. The van der Waals surface area contributed by atoms with Crippen LogP contribution in [0.1, 0.15) is 5.56 Å². The Labute approximate surface area is 145 Å². The second-order valence-corrected chi connectivity index (χ2v) is 7.22. The average Bonchev–Trinajstić information content (AvgIpc) is 2.61. The van der Waals surface area contributed by atoms with Gasteiger partial charge in [0, 0.05) is 11.6 Å². The predicted octanol–water partition coefficient (Wildman–Crippen LogP) is 2.21. The monoisotopic (exact) mass is 356 g/mol. The van der Waals surface area contributed by atoms with E-state index in [4.69, 9.17) is 0 Å². The summed E-state index contributed by atoms with van der Waals surface area (Å²) in [6, 6.07) is 15.8. The molecule has 0 bridgehead atoms. The van der Waals surface area contributed by atoms with Crippen molar-refractivity contribution in [2.24, 2.45) is 0 Å². The highest BCUT2D eigenvalue weighted by atomic mass is 32.2. The number of carboxylic acids is 1. The van der Waals surface area contributed by atoms with E-state index in [2.05, 4.69) is 9.71 Å². The smallest absolute Gasteiger partial charge is 0.322 e. The van der Waals surface area contributed by atoms with Gasteiger partial charge in [-0.25, -0.2) is 8.42 Å². The van der Waals surface area contributed by atoms with Crippen LogP contribution in [0.4, 0.5) is 0 Å². The van der Waals surface area contributed by atoms with Gasteiger partial charge in [-0.05, 0) is 24.1 Å². The number of rotatable bonds is 6. The molecule has 3 aromatic rings. The molecule has 2 aromatic carbocycles. The summed E-state index contributed by atoms with van der Waals surface area (Å²) in [7, 11) is -4.04. The van der Waals surface area contributed by atoms with Gasteiger partial charge in [0.2, 0.25) is 10.0 Å². The Bertz CT molecular complexity index is 999. The molecule has 0 saturated carbocycles. The van der Waals surface area contributed by atoms with Crippen LogP contribution in [0.2, 0.25) is 0 Å². The van der Waals surface area contributed by atoms with Crippen LogP contribution in [-0.2, 0) is 21.2 Å². The first kappa shape index (κ1) is 17.1. The lowest BCUT2D eigenvalue weighted by molar-refractivity contribution is -0.138. The van der Waals surface area contributed by atoms with Gasteiger partial charge in [-0.3, -0.25) is 9.78 Å². The number of aliphatic carboxylic acids is 1. The van der Waals surface area contributed by atoms with Crippen molar-refractivity contribution in [2.45, 2.75) is 17.4 Å². The van der Waals surface area contributed by atoms with Gasteiger partial charge in [0.05, 0.1) is 5.52 Å². The van der Waals surface area contributed by atoms with Gasteiger partial charge >= 0.3 is 5.97 Å². The van der Waals surface area contributed by atoms with Gasteiger partial charge in [0.25, 0.3) is 0 Å². The van der Waals surface area contributed by atoms with Crippen molar-refractivity contribution in [3.05, 3.63) is 72.4 Å². The van der Waals surface area contributed by atoms with Crippen molar-refractivity contribution < 1.29 is 18.3 Å². The number of fused-ring (bicyclic) bond motifs is 1. The molecule has 1 heterocycles. The summed E-state index contributed by atoms with van der Waals surface area (Å²) in [6.45, 7) is 0. The molecule has 6 nitrogen and oxygen atoms in total. The maximum absolute atomic E-state index is 12.7. The minimum Gasteiger partial charge on any atom is -0.480 e. The first-order valence-electron chi connectivity index (χ1n) is 7.60. The predicted molar refractivity (Wildman–Crippen MR) is 93.6 cm³/mol. The van der Waals surface area contributed by atoms with Crippen molar-refractivity contribution in [1.82, 2.24) is 9.71 Å². The van der Waals surface area contributed by atoms with Gasteiger partial charge in [-0.2, -0.15) is 4.72 Å². The third kappa shape index (κ3) is 3.84. The number of carboxylic acid groups (broad SMARTS) is 1. The number of nitrogens with one attached hydrogen (secondary N) is 1. The lowest BCUT2D eigenvalue weighted by atomic mass is 10.1. The molecular formula is C18H16N2O4S. The molecule has 0 amide bonds. The largest absolute Gasteiger partial charge is 0.480 e. The molecule has 0 fully saturated rings. The second kappa shape index (κ2) is 7.00. The number of para-hydroxylation sites is 1. The Morgan fingerprint density at radius 1 is 1.04 bits per heavy atom. The summed E-state index contributed by atoms with van der Waals surface area (Å²) in [6.07, 6.45) is 1.55. The van der Waals surface area contributed by atoms with Gasteiger partial charge in [-0.1, -0.05) is 48.5 Å². The molecule has 128 valence electrons. The van der Waals surface area contributed by atoms with Crippen LogP contribution in [0, 0.1) is 0 Å². The zero-order valence-corrected chi connectivity index (χ0v) is 14.0. The highest BCUT2D eigenvalue weighted by Crippen LogP contribution is 2.21. The average molecular weight is 356 g/mol. The summed E-state index contributed by atoms with van der Waals surface area (Å²) in [5.41, 5.74) is 1.04. The van der Waals surface area contributed by atoms with E-state index in [0.29, 0.717) is 10.9 Å². The van der Waals surface area contributed by atoms with Crippen LogP contribution in [0.5, 0.6) is 0 Å². The first-order valence-corrected chi connectivity index (χ1v) is 9.08. The molecule has 0 aliphatic carbocycles. The summed E-state index contributed by atoms with van der Waals surface area (Å²) in [5.74, 6) is -1.24. The van der Waals surface area contributed by atoms with Gasteiger partial charge < -0.3 is 5.11 Å². The van der Waals surface area contributed by atoms with Crippen LogP contribution in [0.3, 0.4) is 0 Å². The van der Waals surface area contributed by atoms with Gasteiger partial charge in [0.15, 0.2) is 0 Å². The third-order valence-corrected chi connectivity index (χ3v) is 5.27. The maximum atomic E-state index is 12.7. The van der Waals surface area contributed by atoms with E-state index in [9.17, 15) is 18.3 Å². The summed E-state index contributed by atoms with van der Waals surface area (Å²) in [4.78, 5) is 15.6. The Morgan fingerprint density at radius 2 is 1.76 bits per heavy atom. The number of aromatic nitrogens is 1. The van der Waals surface area contributed by atoms with E-state index in [0.717, 1.165) is 5.56 Å². The molecule has 1 aromatic heterocycles. The molecule has 0 aliphatic heterocycles. The van der Waals surface area contributed by atoms with E-state index in [1.165, 1.54) is 12.3 Å². The fourth-order valence-corrected chi connectivity index (χ4v) is 3.94. The number of hydrogen-bond acceptors (Lipinski definition) is 4. The van der Waals surface area contributed by atoms with E-state index < -0.39 is 22.0 Å². The maximum Gasteiger partial charge on any atom is 0.322 e. The second-order valence-electron chi connectivity index (χ2n) is 5.53. The standard InChI is InChI=1S/C18H16N2O4S/c21-18(22)15(12-13-6-2-1-3-7-13)20-25(23,24)16-10-4-8-14-9-5-11-19-17(14)16/h1-11,15,20H,12H2,(H,21,22)/t15-/m0/s1. The lowest BCUT2D eigenvalue weighted by Crippen LogP contribution is -2.42. The number of benzene rings is 2. The van der Waals surface area contributed by atoms with Crippen molar-refractivity contribution in [2.75, 3.05) is 0 Å². The summed E-state index contributed by atoms with van der Waals surface area (Å²) >= 11 is 0. The number of pyridine rings is 1. The van der Waals surface area contributed by atoms with E-state index in [-0.39, 0.29) is 11.3 Å². The molecule has 0 aliphatic rings. The minimum atomic E-state index is -4.04. The summed E-state index contributed by atoms with van der Waals surface area (Å²) in [5, 5.41) is 10.1. The number of carbonyl (C=O) groups is 1. The molecule has 0 radical (unpaired) electrons. The molecule has 2 N–H and O–H groups in total. The molecule has 25 heavy (non-hydrogen) atoms. The van der Waals surface area contributed by atoms with Crippen LogP contribution < -0.4 is 4.72 Å². The third-order valence-electron chi connectivity index (χ3n) is 3.76. The Hall–Kier alpha value is -2.77. The zero-order valence-electron chi connectivity index (χ0n) is 13.2. The van der Waals surface area contributed by atoms with Gasteiger partial charge in [0.1, 0.15) is 10.9 Å². The highest BCUT2D eigenvalue weighted by Gasteiger charge is 2.27. The lowest BCUT2D eigenvalue weighted by Gasteiger charge is -2.15. The fraction of sp³-hybridized carbons (Fsp3) is 0.111. The molecular weight excluding hydrogens is 340 g/mol. The fourth-order valence-electron chi connectivity index (χ4n) is 2.57. The van der Waals surface area contributed by atoms with Crippen molar-refractivity contribution in [3.63, 3.8) is 0 Å². The molecule has 0 spiro atoms. The SMILES string of the molecule is O=C(O)[C@H](Cc1ccccc1)NS(=O)(=O)c1cccc2cccnc12. The molecule has 7 heteroatoms. The number of sulfonamides is 1. The van der Waals surface area contributed by atoms with Crippen molar-refractivity contribution in [1.29, 1.82) is 0 Å². The van der Waals surface area contributed by atoms with Crippen molar-refractivity contribution >= 4 is 26.9 Å². The quantitative estimate of drug-likeness (QED) is 0.706. The minimum absolute atomic E-state index is 0.0371. The van der Waals surface area contributed by atoms with Crippen LogP contribution in [0.25, 0.3) is 10.9 Å². The topological polar surface area (TPSA) is 96.4 Å². The zero-order chi connectivity index (χ0) is 17.9. The Balaban J connectivity index is 1.94. The first-order chi connectivity index (χ1) is 12.0. The number of nitrogens with zero attached hydrogens (tertiary/aromatic N) is 1. The molecule has 1 atom stereocenters. The van der Waals surface area contributed by atoms with Gasteiger partial charge in [-0.15, -0.1) is 0 Å². The van der Waals surface area contributed by atoms with Crippen molar-refractivity contribution in [3.8, 4) is 0 Å². The molecule has 0 saturated heterocycles.